The van der Waals surface area contributed by atoms with Crippen LogP contribution in [0.1, 0.15) is 22.5 Å². The first-order valence-electron chi connectivity index (χ1n) is 9.07. The van der Waals surface area contributed by atoms with Crippen molar-refractivity contribution in [2.45, 2.75) is 6.42 Å². The minimum Gasteiger partial charge on any atom is -0.481 e. The molecule has 4 rings (SSSR count). The van der Waals surface area contributed by atoms with Gasteiger partial charge in [0.2, 0.25) is 11.8 Å². The van der Waals surface area contributed by atoms with Gasteiger partial charge >= 0.3 is 0 Å². The summed E-state index contributed by atoms with van der Waals surface area (Å²) in [4.78, 5) is 29.7. The highest BCUT2D eigenvalue weighted by atomic mass is 16.5. The second-order valence-corrected chi connectivity index (χ2v) is 6.79. The Bertz CT molecular complexity index is 1190. The van der Waals surface area contributed by atoms with Gasteiger partial charge in [-0.05, 0) is 24.6 Å². The zero-order valence-electron chi connectivity index (χ0n) is 16.0. The molecule has 1 aromatic carbocycles. The Morgan fingerprint density at radius 1 is 1.34 bits per heavy atom. The molecule has 0 aliphatic carbocycles. The summed E-state index contributed by atoms with van der Waals surface area (Å²) >= 11 is 0. The van der Waals surface area contributed by atoms with Crippen LogP contribution in [0.15, 0.2) is 36.5 Å². The van der Waals surface area contributed by atoms with Gasteiger partial charge < -0.3 is 15.4 Å². The maximum absolute atomic E-state index is 12.0. The molecule has 1 aliphatic heterocycles. The summed E-state index contributed by atoms with van der Waals surface area (Å²) in [5.74, 6) is 5.68. The molecule has 8 nitrogen and oxygen atoms in total. The van der Waals surface area contributed by atoms with Gasteiger partial charge in [0.15, 0.2) is 5.69 Å². The predicted octanol–water partition coefficient (Wildman–Crippen LogP) is 1.36. The quantitative estimate of drug-likeness (QED) is 0.681. The van der Waals surface area contributed by atoms with Gasteiger partial charge in [-0.2, -0.15) is 5.10 Å². The zero-order chi connectivity index (χ0) is 20.5. The first-order valence-corrected chi connectivity index (χ1v) is 9.07. The van der Waals surface area contributed by atoms with Gasteiger partial charge in [-0.15, -0.1) is 0 Å². The standard InChI is InChI=1S/C21H19N5O3/c1-25-9-8-14(21(25)28)7-6-13-4-3-5-15(10-13)26-17-11-18(29-2)23-12-16(17)19(24-26)20(22)27/h3-5,10-12,14H,8-9H2,1-2H3,(H2,22,27). The topological polar surface area (TPSA) is 103 Å². The van der Waals surface area contributed by atoms with Crippen molar-refractivity contribution in [3.8, 4) is 23.4 Å². The second kappa shape index (κ2) is 7.28. The Balaban J connectivity index is 1.76. The van der Waals surface area contributed by atoms with Crippen molar-refractivity contribution in [3.05, 3.63) is 47.8 Å². The molecule has 1 saturated heterocycles. The fraction of sp³-hybridized carbons (Fsp3) is 0.238. The number of benzene rings is 1. The predicted molar refractivity (Wildman–Crippen MR) is 107 cm³/mol. The molecule has 0 spiro atoms. The number of primary amides is 1. The molecule has 3 heterocycles. The molecule has 0 bridgehead atoms. The van der Waals surface area contributed by atoms with E-state index in [1.165, 1.54) is 13.3 Å². The third-order valence-corrected chi connectivity index (χ3v) is 4.89. The molecular formula is C21H19N5O3. The van der Waals surface area contributed by atoms with Crippen molar-refractivity contribution < 1.29 is 14.3 Å². The summed E-state index contributed by atoms with van der Waals surface area (Å²) in [6.45, 7) is 0.725. The minimum absolute atomic E-state index is 0.0532. The highest BCUT2D eigenvalue weighted by Crippen LogP contribution is 2.25. The van der Waals surface area contributed by atoms with Crippen molar-refractivity contribution >= 4 is 22.7 Å². The second-order valence-electron chi connectivity index (χ2n) is 6.79. The van der Waals surface area contributed by atoms with E-state index in [4.69, 9.17) is 10.5 Å². The maximum atomic E-state index is 12.0. The first kappa shape index (κ1) is 18.5. The number of ether oxygens (including phenoxy) is 1. The third kappa shape index (κ3) is 3.38. The summed E-state index contributed by atoms with van der Waals surface area (Å²) < 4.78 is 6.80. The monoisotopic (exact) mass is 389 g/mol. The number of hydrogen-bond acceptors (Lipinski definition) is 5. The van der Waals surface area contributed by atoms with Crippen LogP contribution in [0.3, 0.4) is 0 Å². The minimum atomic E-state index is -0.638. The molecule has 3 aromatic rings. The van der Waals surface area contributed by atoms with E-state index >= 15 is 0 Å². The van der Waals surface area contributed by atoms with Gasteiger partial charge in [0.1, 0.15) is 5.92 Å². The highest BCUT2D eigenvalue weighted by Gasteiger charge is 2.27. The Morgan fingerprint density at radius 2 is 2.17 bits per heavy atom. The summed E-state index contributed by atoms with van der Waals surface area (Å²) in [5, 5.41) is 4.91. The van der Waals surface area contributed by atoms with Crippen LogP contribution < -0.4 is 10.5 Å². The van der Waals surface area contributed by atoms with E-state index in [1.807, 2.05) is 24.3 Å². The summed E-state index contributed by atoms with van der Waals surface area (Å²) in [6, 6.07) is 9.10. The number of methoxy groups -OCH3 is 1. The lowest BCUT2D eigenvalue weighted by molar-refractivity contribution is -0.128. The molecule has 1 aliphatic rings. The third-order valence-electron chi connectivity index (χ3n) is 4.89. The molecule has 1 unspecified atom stereocenters. The Hall–Kier alpha value is -3.86. The Kier molecular flexibility index (Phi) is 4.64. The van der Waals surface area contributed by atoms with Crippen molar-refractivity contribution in [1.29, 1.82) is 0 Å². The van der Waals surface area contributed by atoms with Crippen LogP contribution in [-0.2, 0) is 4.79 Å². The van der Waals surface area contributed by atoms with E-state index in [0.717, 1.165) is 18.5 Å². The van der Waals surface area contributed by atoms with Crippen molar-refractivity contribution in [2.24, 2.45) is 11.7 Å². The van der Waals surface area contributed by atoms with Crippen LogP contribution in [0.4, 0.5) is 0 Å². The maximum Gasteiger partial charge on any atom is 0.269 e. The lowest BCUT2D eigenvalue weighted by atomic mass is 10.1. The van der Waals surface area contributed by atoms with Crippen LogP contribution >= 0.6 is 0 Å². The van der Waals surface area contributed by atoms with E-state index < -0.39 is 5.91 Å². The van der Waals surface area contributed by atoms with E-state index in [-0.39, 0.29) is 17.5 Å². The molecule has 29 heavy (non-hydrogen) atoms. The largest absolute Gasteiger partial charge is 0.481 e. The number of nitrogens with two attached hydrogens (primary N) is 1. The van der Waals surface area contributed by atoms with E-state index in [0.29, 0.717) is 22.5 Å². The van der Waals surface area contributed by atoms with Gasteiger partial charge in [0.05, 0.1) is 23.7 Å². The van der Waals surface area contributed by atoms with E-state index in [1.54, 1.807) is 22.7 Å². The highest BCUT2D eigenvalue weighted by molar-refractivity contribution is 6.04. The molecular weight excluding hydrogens is 370 g/mol. The molecule has 8 heteroatoms. The number of aromatic nitrogens is 3. The van der Waals surface area contributed by atoms with E-state index in [9.17, 15) is 9.59 Å². The Labute approximate surface area is 167 Å². The number of fused-ring (bicyclic) bond motifs is 1. The van der Waals surface area contributed by atoms with Gasteiger partial charge in [-0.3, -0.25) is 9.59 Å². The lowest BCUT2D eigenvalue weighted by Crippen LogP contribution is -2.21. The SMILES string of the molecule is COc1cc2c(cn1)c(C(N)=O)nn2-c1cccc(C#CC2CCN(C)C2=O)c1. The number of carbonyl (C=O) groups is 2. The number of rotatable bonds is 3. The fourth-order valence-electron chi connectivity index (χ4n) is 3.32. The molecule has 0 radical (unpaired) electrons. The van der Waals surface area contributed by atoms with Gasteiger partial charge in [-0.25, -0.2) is 9.67 Å². The fourth-order valence-corrected chi connectivity index (χ4v) is 3.32. The number of amides is 2. The number of nitrogens with zero attached hydrogens (tertiary/aromatic N) is 4. The number of carbonyl (C=O) groups excluding carboxylic acids is 2. The normalized spacial score (nSPS) is 16.0. The first-order chi connectivity index (χ1) is 14.0. The number of pyridine rings is 1. The number of hydrogen-bond donors (Lipinski definition) is 1. The molecule has 2 N–H and O–H groups in total. The van der Waals surface area contributed by atoms with Crippen LogP contribution in [0, 0.1) is 17.8 Å². The van der Waals surface area contributed by atoms with Crippen LogP contribution in [0.2, 0.25) is 0 Å². The lowest BCUT2D eigenvalue weighted by Gasteiger charge is -2.06. The van der Waals surface area contributed by atoms with Crippen LogP contribution in [0.25, 0.3) is 16.6 Å². The van der Waals surface area contributed by atoms with Crippen molar-refractivity contribution in [1.82, 2.24) is 19.7 Å². The van der Waals surface area contributed by atoms with Crippen molar-refractivity contribution in [2.75, 3.05) is 20.7 Å². The van der Waals surface area contributed by atoms with Crippen LogP contribution in [-0.4, -0.2) is 52.2 Å². The molecule has 2 amide bonds. The van der Waals surface area contributed by atoms with Crippen LogP contribution in [0.5, 0.6) is 5.88 Å². The average molecular weight is 389 g/mol. The van der Waals surface area contributed by atoms with Gasteiger partial charge in [0.25, 0.3) is 5.91 Å². The summed E-state index contributed by atoms with van der Waals surface area (Å²) in [7, 11) is 3.30. The number of likely N-dealkylation sites (tertiary alicyclic amines) is 1. The zero-order valence-corrected chi connectivity index (χ0v) is 16.0. The Morgan fingerprint density at radius 3 is 2.86 bits per heavy atom. The smallest absolute Gasteiger partial charge is 0.269 e. The molecule has 0 saturated carbocycles. The summed E-state index contributed by atoms with van der Waals surface area (Å²) in [5.41, 5.74) is 7.71. The summed E-state index contributed by atoms with van der Waals surface area (Å²) in [6.07, 6.45) is 2.25. The molecule has 1 atom stereocenters. The van der Waals surface area contributed by atoms with Crippen molar-refractivity contribution in [3.63, 3.8) is 0 Å². The molecule has 1 fully saturated rings. The molecule has 146 valence electrons. The van der Waals surface area contributed by atoms with Gasteiger partial charge in [-0.1, -0.05) is 17.9 Å². The van der Waals surface area contributed by atoms with Gasteiger partial charge in [0, 0.05) is 31.4 Å². The average Bonchev–Trinajstić information content (AvgIpc) is 3.27. The molecule has 2 aromatic heterocycles. The van der Waals surface area contributed by atoms with E-state index in [2.05, 4.69) is 21.9 Å².